The molecule has 3 aromatic rings. The van der Waals surface area contributed by atoms with Gasteiger partial charge in [0.2, 0.25) is 0 Å². The number of carbonyl (C=O) groups excluding carboxylic acids is 1. The third kappa shape index (κ3) is 5.94. The highest BCUT2D eigenvalue weighted by Gasteiger charge is 2.26. The zero-order valence-electron chi connectivity index (χ0n) is 18.3. The maximum absolute atomic E-state index is 12.9. The predicted octanol–water partition coefficient (Wildman–Crippen LogP) is 6.50. The first-order chi connectivity index (χ1) is 15.3. The van der Waals surface area contributed by atoms with Crippen molar-refractivity contribution in [2.75, 3.05) is 0 Å². The first kappa shape index (κ1) is 24.4. The van der Waals surface area contributed by atoms with Crippen LogP contribution in [0.3, 0.4) is 0 Å². The number of carbonyl (C=O) groups is 1. The van der Waals surface area contributed by atoms with Crippen molar-refractivity contribution in [2.24, 2.45) is 5.92 Å². The Morgan fingerprint density at radius 1 is 1.19 bits per heavy atom. The molecule has 1 aromatic heterocycles. The number of hydrogen-bond donors (Lipinski definition) is 1. The van der Waals surface area contributed by atoms with E-state index in [1.54, 1.807) is 23.9 Å². The number of aromatic nitrogens is 3. The Labute approximate surface area is 203 Å². The first-order valence-corrected chi connectivity index (χ1v) is 12.0. The number of hydrogen-bond acceptors (Lipinski definition) is 4. The van der Waals surface area contributed by atoms with Crippen molar-refractivity contribution in [3.63, 3.8) is 0 Å². The van der Waals surface area contributed by atoms with Crippen molar-refractivity contribution >= 4 is 40.9 Å². The molecule has 1 heterocycles. The summed E-state index contributed by atoms with van der Waals surface area (Å²) in [4.78, 5) is 12.9. The molecule has 0 aliphatic rings. The maximum Gasteiger partial charge on any atom is 0.251 e. The first-order valence-electron chi connectivity index (χ1n) is 10.3. The molecule has 1 N–H and O–H groups in total. The Morgan fingerprint density at radius 3 is 2.62 bits per heavy atom. The van der Waals surface area contributed by atoms with Crippen molar-refractivity contribution in [3.8, 4) is 0 Å². The summed E-state index contributed by atoms with van der Waals surface area (Å²) in [6, 6.07) is 12.8. The van der Waals surface area contributed by atoms with E-state index in [0.29, 0.717) is 33.7 Å². The van der Waals surface area contributed by atoms with Gasteiger partial charge in [-0.05, 0) is 42.7 Å². The average Bonchev–Trinajstić information content (AvgIpc) is 3.15. The van der Waals surface area contributed by atoms with Crippen LogP contribution >= 0.6 is 35.0 Å². The summed E-state index contributed by atoms with van der Waals surface area (Å²) in [6.45, 7) is 10.5. The van der Waals surface area contributed by atoms with Gasteiger partial charge in [-0.2, -0.15) is 0 Å². The molecule has 0 saturated carbocycles. The number of aryl methyl sites for hydroxylation is 1. The van der Waals surface area contributed by atoms with Gasteiger partial charge in [-0.15, -0.1) is 16.8 Å². The Balaban J connectivity index is 1.83. The van der Waals surface area contributed by atoms with Gasteiger partial charge in [0.15, 0.2) is 11.0 Å². The molecule has 0 spiro atoms. The molecule has 32 heavy (non-hydrogen) atoms. The van der Waals surface area contributed by atoms with Crippen LogP contribution in [0.1, 0.15) is 47.2 Å². The lowest BCUT2D eigenvalue weighted by atomic mass is 10.0. The van der Waals surface area contributed by atoms with E-state index in [0.717, 1.165) is 16.3 Å². The zero-order chi connectivity index (χ0) is 23.3. The van der Waals surface area contributed by atoms with Gasteiger partial charge in [0, 0.05) is 17.9 Å². The predicted molar refractivity (Wildman–Crippen MR) is 132 cm³/mol. The molecule has 0 radical (unpaired) electrons. The fourth-order valence-corrected chi connectivity index (χ4v) is 4.47. The molecule has 1 amide bonds. The molecule has 0 aliphatic heterocycles. The second kappa shape index (κ2) is 11.0. The highest BCUT2D eigenvalue weighted by atomic mass is 35.5. The molecular weight excluding hydrogens is 463 g/mol. The lowest BCUT2D eigenvalue weighted by molar-refractivity contribution is 0.0922. The highest BCUT2D eigenvalue weighted by Crippen LogP contribution is 2.29. The van der Waals surface area contributed by atoms with Crippen LogP contribution in [0.2, 0.25) is 10.0 Å². The Hall–Kier alpha value is -2.28. The molecule has 1 atom stereocenters. The number of amides is 1. The van der Waals surface area contributed by atoms with Crippen molar-refractivity contribution in [2.45, 2.75) is 44.3 Å². The van der Waals surface area contributed by atoms with Gasteiger partial charge >= 0.3 is 0 Å². The standard InChI is InChI=1S/C24H26Cl2N4OS/c1-5-11-30-22(21(15(2)3)27-23(31)18-8-6-7-16(4)12-18)28-29-24(30)32-14-17-9-10-19(25)20(26)13-17/h5-10,12-13,15,21H,1,11,14H2,2-4H3,(H,27,31)/t21-/m1/s1. The maximum atomic E-state index is 12.9. The van der Waals surface area contributed by atoms with Gasteiger partial charge in [0.05, 0.1) is 16.1 Å². The van der Waals surface area contributed by atoms with E-state index in [4.69, 9.17) is 23.2 Å². The van der Waals surface area contributed by atoms with E-state index in [1.165, 1.54) is 0 Å². The van der Waals surface area contributed by atoms with E-state index < -0.39 is 0 Å². The van der Waals surface area contributed by atoms with Crippen LogP contribution in [0.15, 0.2) is 60.3 Å². The quantitative estimate of drug-likeness (QED) is 0.275. The molecule has 2 aromatic carbocycles. The highest BCUT2D eigenvalue weighted by molar-refractivity contribution is 7.98. The third-order valence-electron chi connectivity index (χ3n) is 4.92. The van der Waals surface area contributed by atoms with Crippen LogP contribution in [0.4, 0.5) is 0 Å². The lowest BCUT2D eigenvalue weighted by Crippen LogP contribution is -2.33. The topological polar surface area (TPSA) is 59.8 Å². The summed E-state index contributed by atoms with van der Waals surface area (Å²) in [7, 11) is 0. The van der Waals surface area contributed by atoms with E-state index in [2.05, 4.69) is 35.9 Å². The van der Waals surface area contributed by atoms with Crippen LogP contribution < -0.4 is 5.32 Å². The smallest absolute Gasteiger partial charge is 0.251 e. The number of allylic oxidation sites excluding steroid dienone is 1. The molecule has 5 nitrogen and oxygen atoms in total. The number of nitrogens with zero attached hydrogens (tertiary/aromatic N) is 3. The zero-order valence-corrected chi connectivity index (χ0v) is 20.6. The van der Waals surface area contributed by atoms with Crippen molar-refractivity contribution < 1.29 is 4.79 Å². The summed E-state index contributed by atoms with van der Waals surface area (Å²) >= 11 is 13.7. The number of halogens is 2. The summed E-state index contributed by atoms with van der Waals surface area (Å²) in [5, 5.41) is 13.8. The van der Waals surface area contributed by atoms with Crippen LogP contribution in [-0.2, 0) is 12.3 Å². The van der Waals surface area contributed by atoms with Gasteiger partial charge in [-0.1, -0.05) is 78.6 Å². The van der Waals surface area contributed by atoms with E-state index >= 15 is 0 Å². The largest absolute Gasteiger partial charge is 0.342 e. The molecule has 3 rings (SSSR count). The summed E-state index contributed by atoms with van der Waals surface area (Å²) < 4.78 is 2.00. The van der Waals surface area contributed by atoms with Gasteiger partial charge in [-0.3, -0.25) is 4.79 Å². The van der Waals surface area contributed by atoms with Crippen LogP contribution in [-0.4, -0.2) is 20.7 Å². The Bertz CT molecular complexity index is 1110. The second-order valence-corrected chi connectivity index (χ2v) is 9.60. The van der Waals surface area contributed by atoms with E-state index in [-0.39, 0.29) is 17.9 Å². The Morgan fingerprint density at radius 2 is 1.97 bits per heavy atom. The number of nitrogens with one attached hydrogen (secondary N) is 1. The van der Waals surface area contributed by atoms with Gasteiger partial charge in [0.25, 0.3) is 5.91 Å². The van der Waals surface area contributed by atoms with Crippen molar-refractivity contribution in [1.29, 1.82) is 0 Å². The van der Waals surface area contributed by atoms with E-state index in [1.807, 2.05) is 47.9 Å². The van der Waals surface area contributed by atoms with Gasteiger partial charge < -0.3 is 9.88 Å². The minimum atomic E-state index is -0.296. The van der Waals surface area contributed by atoms with Crippen molar-refractivity contribution in [3.05, 3.63) is 87.7 Å². The average molecular weight is 489 g/mol. The monoisotopic (exact) mass is 488 g/mol. The van der Waals surface area contributed by atoms with Crippen LogP contribution in [0.5, 0.6) is 0 Å². The van der Waals surface area contributed by atoms with Gasteiger partial charge in [-0.25, -0.2) is 0 Å². The molecule has 8 heteroatoms. The molecule has 0 fully saturated rings. The molecule has 168 valence electrons. The summed E-state index contributed by atoms with van der Waals surface area (Å²) in [6.07, 6.45) is 1.80. The molecular formula is C24H26Cl2N4OS. The fraction of sp³-hybridized carbons (Fsp3) is 0.292. The molecule has 0 unspecified atom stereocenters. The van der Waals surface area contributed by atoms with Gasteiger partial charge in [0.1, 0.15) is 0 Å². The lowest BCUT2D eigenvalue weighted by Gasteiger charge is -2.22. The fourth-order valence-electron chi connectivity index (χ4n) is 3.26. The van der Waals surface area contributed by atoms with Crippen LogP contribution in [0, 0.1) is 12.8 Å². The SMILES string of the molecule is C=CCn1c(SCc2ccc(Cl)c(Cl)c2)nnc1[C@H](NC(=O)c1cccc(C)c1)C(C)C. The Kier molecular flexibility index (Phi) is 8.40. The third-order valence-corrected chi connectivity index (χ3v) is 6.70. The number of thioether (sulfide) groups is 1. The summed E-state index contributed by atoms with van der Waals surface area (Å²) in [5.41, 5.74) is 2.70. The number of rotatable bonds is 9. The second-order valence-electron chi connectivity index (χ2n) is 7.84. The number of benzene rings is 2. The minimum absolute atomic E-state index is 0.115. The van der Waals surface area contributed by atoms with Crippen LogP contribution in [0.25, 0.3) is 0 Å². The van der Waals surface area contributed by atoms with Crippen molar-refractivity contribution in [1.82, 2.24) is 20.1 Å². The van der Waals surface area contributed by atoms with E-state index in [9.17, 15) is 4.79 Å². The summed E-state index contributed by atoms with van der Waals surface area (Å²) in [5.74, 6) is 1.35. The molecule has 0 bridgehead atoms. The normalized spacial score (nSPS) is 12.1. The minimum Gasteiger partial charge on any atom is -0.342 e. The molecule has 0 saturated heterocycles. The molecule has 0 aliphatic carbocycles.